The molecule has 2 N–H and O–H groups in total. The minimum absolute atomic E-state index is 0.0466. The van der Waals surface area contributed by atoms with Crippen LogP contribution in [0.2, 0.25) is 0 Å². The number of thioether (sulfide) groups is 1. The number of hydrogen-bond acceptors (Lipinski definition) is 4. The van der Waals surface area contributed by atoms with E-state index in [1.165, 1.54) is 30.3 Å². The van der Waals surface area contributed by atoms with Gasteiger partial charge in [-0.25, -0.2) is 4.98 Å². The molecule has 0 unspecified atom stereocenters. The zero-order chi connectivity index (χ0) is 24.9. The van der Waals surface area contributed by atoms with Gasteiger partial charge in [0, 0.05) is 23.1 Å². The van der Waals surface area contributed by atoms with Crippen molar-refractivity contribution in [2.45, 2.75) is 17.4 Å². The highest BCUT2D eigenvalue weighted by Gasteiger charge is 2.31. The highest BCUT2D eigenvalue weighted by molar-refractivity contribution is 7.99. The van der Waals surface area contributed by atoms with Crippen LogP contribution in [0.15, 0.2) is 71.9 Å². The van der Waals surface area contributed by atoms with Crippen LogP contribution in [0.3, 0.4) is 0 Å². The average molecular weight is 499 g/mol. The van der Waals surface area contributed by atoms with Gasteiger partial charge in [-0.3, -0.25) is 9.59 Å². The van der Waals surface area contributed by atoms with E-state index in [0.717, 1.165) is 42.1 Å². The van der Waals surface area contributed by atoms with Gasteiger partial charge in [-0.1, -0.05) is 23.9 Å². The molecule has 3 rings (SSSR count). The fourth-order valence-corrected chi connectivity index (χ4v) is 3.33. The molecule has 0 aliphatic rings. The number of pyridine rings is 1. The molecular formula is C22H15F6N3O2S. The Morgan fingerprint density at radius 1 is 0.794 bits per heavy atom. The quantitative estimate of drug-likeness (QED) is 0.318. The van der Waals surface area contributed by atoms with E-state index in [-0.39, 0.29) is 27.7 Å². The molecule has 0 aliphatic carbocycles. The Balaban J connectivity index is 1.58. The Hall–Kier alpha value is -3.54. The molecule has 0 atom stereocenters. The molecule has 0 spiro atoms. The van der Waals surface area contributed by atoms with Crippen molar-refractivity contribution in [3.8, 4) is 0 Å². The maximum Gasteiger partial charge on any atom is 0.417 e. The van der Waals surface area contributed by atoms with Crippen molar-refractivity contribution in [1.82, 2.24) is 4.98 Å². The lowest BCUT2D eigenvalue weighted by Crippen LogP contribution is -2.16. The number of anilines is 2. The Labute approximate surface area is 193 Å². The van der Waals surface area contributed by atoms with Crippen LogP contribution in [0.25, 0.3) is 0 Å². The average Bonchev–Trinajstić information content (AvgIpc) is 2.77. The number of rotatable bonds is 6. The van der Waals surface area contributed by atoms with Crippen LogP contribution in [-0.2, 0) is 17.1 Å². The van der Waals surface area contributed by atoms with Crippen molar-refractivity contribution < 1.29 is 35.9 Å². The number of nitrogens with one attached hydrogen (secondary N) is 2. The van der Waals surface area contributed by atoms with E-state index in [0.29, 0.717) is 6.20 Å². The number of halogens is 6. The molecule has 34 heavy (non-hydrogen) atoms. The summed E-state index contributed by atoms with van der Waals surface area (Å²) in [5, 5.41) is 5.13. The highest BCUT2D eigenvalue weighted by Crippen LogP contribution is 2.31. The summed E-state index contributed by atoms with van der Waals surface area (Å²) in [4.78, 5) is 28.3. The fraction of sp³-hybridized carbons (Fsp3) is 0.136. The Bertz CT molecular complexity index is 1180. The third kappa shape index (κ3) is 6.98. The lowest BCUT2D eigenvalue weighted by atomic mass is 10.1. The number of carbonyl (C=O) groups is 2. The van der Waals surface area contributed by atoms with Crippen molar-refractivity contribution in [2.24, 2.45) is 0 Å². The third-order valence-electron chi connectivity index (χ3n) is 4.27. The molecule has 12 heteroatoms. The van der Waals surface area contributed by atoms with E-state index in [1.54, 1.807) is 0 Å². The van der Waals surface area contributed by atoms with Crippen LogP contribution in [0.4, 0.5) is 37.7 Å². The van der Waals surface area contributed by atoms with Crippen LogP contribution in [-0.4, -0.2) is 22.6 Å². The van der Waals surface area contributed by atoms with Crippen molar-refractivity contribution in [3.63, 3.8) is 0 Å². The molecule has 0 saturated heterocycles. The number of alkyl halides is 6. The molecular weight excluding hydrogens is 484 g/mol. The molecule has 5 nitrogen and oxygen atoms in total. The number of hydrogen-bond donors (Lipinski definition) is 2. The highest BCUT2D eigenvalue weighted by atomic mass is 32.2. The minimum atomic E-state index is -4.56. The van der Waals surface area contributed by atoms with E-state index < -0.39 is 35.3 Å². The summed E-state index contributed by atoms with van der Waals surface area (Å²) in [6, 6.07) is 11.9. The second kappa shape index (κ2) is 10.2. The van der Waals surface area contributed by atoms with Gasteiger partial charge in [-0.15, -0.1) is 0 Å². The summed E-state index contributed by atoms with van der Waals surface area (Å²) >= 11 is 0.921. The molecule has 178 valence electrons. The van der Waals surface area contributed by atoms with Gasteiger partial charge in [0.05, 0.1) is 21.9 Å². The summed E-state index contributed by atoms with van der Waals surface area (Å²) in [5.41, 5.74) is -1.52. The second-order valence-corrected chi connectivity index (χ2v) is 7.83. The van der Waals surface area contributed by atoms with Crippen LogP contribution in [0, 0.1) is 0 Å². The predicted molar refractivity (Wildman–Crippen MR) is 114 cm³/mol. The van der Waals surface area contributed by atoms with E-state index in [9.17, 15) is 35.9 Å². The molecule has 0 bridgehead atoms. The van der Waals surface area contributed by atoms with Crippen LogP contribution in [0.1, 0.15) is 21.5 Å². The van der Waals surface area contributed by atoms with Gasteiger partial charge in [0.2, 0.25) is 5.91 Å². The molecule has 0 fully saturated rings. The van der Waals surface area contributed by atoms with Crippen LogP contribution >= 0.6 is 11.8 Å². The Morgan fingerprint density at radius 3 is 2.06 bits per heavy atom. The summed E-state index contributed by atoms with van der Waals surface area (Å²) in [7, 11) is 0. The Kier molecular flexibility index (Phi) is 7.50. The standard InChI is InChI=1S/C22H15F6N3O2S/c23-21(24,25)14-4-2-6-17(10-14)31-20(33)13-3-1-5-16(9-13)30-18(32)12-34-19-8-7-15(11-29-19)22(26,27)28/h1-11H,12H2,(H,30,32)(H,31,33). The lowest BCUT2D eigenvalue weighted by molar-refractivity contribution is -0.138. The molecule has 2 amide bonds. The Morgan fingerprint density at radius 2 is 1.44 bits per heavy atom. The molecule has 1 aromatic heterocycles. The van der Waals surface area contributed by atoms with Gasteiger partial charge in [-0.2, -0.15) is 26.3 Å². The zero-order valence-corrected chi connectivity index (χ0v) is 17.8. The smallest absolute Gasteiger partial charge is 0.325 e. The van der Waals surface area contributed by atoms with Crippen molar-refractivity contribution in [1.29, 1.82) is 0 Å². The third-order valence-corrected chi connectivity index (χ3v) is 5.21. The summed E-state index contributed by atoms with van der Waals surface area (Å²) in [6.45, 7) is 0. The van der Waals surface area contributed by atoms with Crippen molar-refractivity contribution >= 4 is 35.0 Å². The predicted octanol–water partition coefficient (Wildman–Crippen LogP) is 6.10. The first kappa shape index (κ1) is 25.1. The number of carbonyl (C=O) groups excluding carboxylic acids is 2. The maximum atomic E-state index is 12.8. The van der Waals surface area contributed by atoms with E-state index in [2.05, 4.69) is 15.6 Å². The molecule has 0 aliphatic heterocycles. The fourth-order valence-electron chi connectivity index (χ4n) is 2.68. The lowest BCUT2D eigenvalue weighted by Gasteiger charge is -2.11. The number of benzene rings is 2. The van der Waals surface area contributed by atoms with E-state index in [1.807, 2.05) is 0 Å². The van der Waals surface area contributed by atoms with E-state index >= 15 is 0 Å². The number of nitrogens with zero attached hydrogens (tertiary/aromatic N) is 1. The second-order valence-electron chi connectivity index (χ2n) is 6.83. The minimum Gasteiger partial charge on any atom is -0.325 e. The summed E-state index contributed by atoms with van der Waals surface area (Å²) in [6.07, 6.45) is -8.39. The van der Waals surface area contributed by atoms with Crippen molar-refractivity contribution in [3.05, 3.63) is 83.6 Å². The van der Waals surface area contributed by atoms with Crippen molar-refractivity contribution in [2.75, 3.05) is 16.4 Å². The van der Waals surface area contributed by atoms with Gasteiger partial charge < -0.3 is 10.6 Å². The zero-order valence-electron chi connectivity index (χ0n) is 17.0. The first-order valence-corrected chi connectivity index (χ1v) is 10.4. The normalized spacial score (nSPS) is 11.7. The molecule has 3 aromatic rings. The van der Waals surface area contributed by atoms with Gasteiger partial charge >= 0.3 is 12.4 Å². The summed E-state index contributed by atoms with van der Waals surface area (Å²) < 4.78 is 76.2. The number of amides is 2. The van der Waals surface area contributed by atoms with Gasteiger partial charge in [0.1, 0.15) is 0 Å². The molecule has 0 saturated carbocycles. The van der Waals surface area contributed by atoms with Gasteiger partial charge in [-0.05, 0) is 48.5 Å². The number of aromatic nitrogens is 1. The molecule has 2 aromatic carbocycles. The van der Waals surface area contributed by atoms with Crippen LogP contribution in [0.5, 0.6) is 0 Å². The van der Waals surface area contributed by atoms with E-state index in [4.69, 9.17) is 0 Å². The molecule has 1 heterocycles. The maximum absolute atomic E-state index is 12.8. The van der Waals surface area contributed by atoms with Gasteiger partial charge in [0.25, 0.3) is 5.91 Å². The van der Waals surface area contributed by atoms with Crippen LogP contribution < -0.4 is 10.6 Å². The summed E-state index contributed by atoms with van der Waals surface area (Å²) in [5.74, 6) is -1.33. The SMILES string of the molecule is O=C(CSc1ccc(C(F)(F)F)cn1)Nc1cccc(C(=O)Nc2cccc(C(F)(F)F)c2)c1. The largest absolute Gasteiger partial charge is 0.417 e. The topological polar surface area (TPSA) is 71.1 Å². The first-order chi connectivity index (χ1) is 15.9. The monoisotopic (exact) mass is 499 g/mol. The van der Waals surface area contributed by atoms with Gasteiger partial charge in [0.15, 0.2) is 0 Å². The first-order valence-electron chi connectivity index (χ1n) is 9.46. The molecule has 0 radical (unpaired) electrons.